The molecule has 0 spiro atoms. The van der Waals surface area contributed by atoms with Crippen LogP contribution in [0.5, 0.6) is 0 Å². The van der Waals surface area contributed by atoms with Gasteiger partial charge in [-0.05, 0) is 73.3 Å². The molecule has 1 aliphatic rings. The SMILES string of the molecule is CN(C)CC/C=C1/c2ccccc2CCc2ccc(N)cc21. The average Bonchev–Trinajstić information content (AvgIpc) is 2.65. The molecular formula is C20H24N2. The molecule has 0 aliphatic heterocycles. The van der Waals surface area contributed by atoms with Crippen LogP contribution in [-0.2, 0) is 12.8 Å². The lowest BCUT2D eigenvalue weighted by molar-refractivity contribution is 0.417. The van der Waals surface area contributed by atoms with Crippen molar-refractivity contribution in [3.8, 4) is 0 Å². The summed E-state index contributed by atoms with van der Waals surface area (Å²) in [5.74, 6) is 0. The Hall–Kier alpha value is -2.06. The first kappa shape index (κ1) is 14.9. The van der Waals surface area contributed by atoms with E-state index in [1.54, 1.807) is 0 Å². The monoisotopic (exact) mass is 292 g/mol. The molecule has 0 saturated carbocycles. The van der Waals surface area contributed by atoms with Gasteiger partial charge in [-0.25, -0.2) is 0 Å². The zero-order chi connectivity index (χ0) is 15.5. The molecule has 0 unspecified atom stereocenters. The number of hydrogen-bond acceptors (Lipinski definition) is 2. The Labute approximate surface area is 133 Å². The van der Waals surface area contributed by atoms with Gasteiger partial charge in [0.05, 0.1) is 0 Å². The molecule has 2 nitrogen and oxygen atoms in total. The first-order chi connectivity index (χ1) is 10.6. The van der Waals surface area contributed by atoms with Crippen molar-refractivity contribution in [2.75, 3.05) is 26.4 Å². The Kier molecular flexibility index (Phi) is 4.30. The van der Waals surface area contributed by atoms with Crippen LogP contribution in [0, 0.1) is 0 Å². The number of fused-ring (bicyclic) bond motifs is 2. The summed E-state index contributed by atoms with van der Waals surface area (Å²) in [5, 5.41) is 0. The lowest BCUT2D eigenvalue weighted by Crippen LogP contribution is -2.12. The van der Waals surface area contributed by atoms with E-state index in [9.17, 15) is 0 Å². The summed E-state index contributed by atoms with van der Waals surface area (Å²) in [6.45, 7) is 1.06. The van der Waals surface area contributed by atoms with Gasteiger partial charge < -0.3 is 10.6 Å². The van der Waals surface area contributed by atoms with E-state index in [0.29, 0.717) is 0 Å². The first-order valence-corrected chi connectivity index (χ1v) is 7.97. The maximum atomic E-state index is 6.06. The predicted molar refractivity (Wildman–Crippen MR) is 95.0 cm³/mol. The molecule has 0 heterocycles. The van der Waals surface area contributed by atoms with E-state index in [0.717, 1.165) is 31.5 Å². The minimum absolute atomic E-state index is 0.844. The van der Waals surface area contributed by atoms with Gasteiger partial charge in [-0.1, -0.05) is 36.4 Å². The van der Waals surface area contributed by atoms with E-state index < -0.39 is 0 Å². The van der Waals surface area contributed by atoms with Gasteiger partial charge >= 0.3 is 0 Å². The third-order valence-electron chi connectivity index (χ3n) is 4.32. The van der Waals surface area contributed by atoms with Crippen LogP contribution in [0.2, 0.25) is 0 Å². The summed E-state index contributed by atoms with van der Waals surface area (Å²) in [4.78, 5) is 2.22. The lowest BCUT2D eigenvalue weighted by atomic mass is 9.93. The van der Waals surface area contributed by atoms with Crippen LogP contribution in [0.25, 0.3) is 5.57 Å². The van der Waals surface area contributed by atoms with Crippen molar-refractivity contribution >= 4 is 11.3 Å². The van der Waals surface area contributed by atoms with E-state index in [-0.39, 0.29) is 0 Å². The van der Waals surface area contributed by atoms with Crippen molar-refractivity contribution in [1.82, 2.24) is 4.90 Å². The maximum Gasteiger partial charge on any atom is 0.0320 e. The summed E-state index contributed by atoms with van der Waals surface area (Å²) in [7, 11) is 4.23. The molecule has 0 saturated heterocycles. The van der Waals surface area contributed by atoms with Gasteiger partial charge in [0.25, 0.3) is 0 Å². The van der Waals surface area contributed by atoms with Crippen LogP contribution < -0.4 is 5.73 Å². The maximum absolute atomic E-state index is 6.06. The normalized spacial score (nSPS) is 15.5. The van der Waals surface area contributed by atoms with Crippen LogP contribution in [-0.4, -0.2) is 25.5 Å². The van der Waals surface area contributed by atoms with Gasteiger partial charge in [0, 0.05) is 12.2 Å². The molecule has 0 amide bonds. The zero-order valence-electron chi connectivity index (χ0n) is 13.5. The smallest absolute Gasteiger partial charge is 0.0320 e. The molecule has 2 heteroatoms. The molecular weight excluding hydrogens is 268 g/mol. The van der Waals surface area contributed by atoms with Crippen LogP contribution in [0.1, 0.15) is 28.7 Å². The number of aryl methyl sites for hydroxylation is 2. The van der Waals surface area contributed by atoms with Gasteiger partial charge in [-0.3, -0.25) is 0 Å². The van der Waals surface area contributed by atoms with Crippen molar-refractivity contribution < 1.29 is 0 Å². The van der Waals surface area contributed by atoms with E-state index in [1.807, 2.05) is 6.07 Å². The van der Waals surface area contributed by atoms with E-state index in [1.165, 1.54) is 27.8 Å². The third kappa shape index (κ3) is 3.07. The number of nitrogens with zero attached hydrogens (tertiary/aromatic N) is 1. The molecule has 2 aromatic rings. The molecule has 0 aromatic heterocycles. The van der Waals surface area contributed by atoms with E-state index in [2.05, 4.69) is 61.5 Å². The predicted octanol–water partition coefficient (Wildman–Crippen LogP) is 3.75. The zero-order valence-corrected chi connectivity index (χ0v) is 13.5. The molecule has 0 radical (unpaired) electrons. The highest BCUT2D eigenvalue weighted by Gasteiger charge is 2.17. The summed E-state index contributed by atoms with van der Waals surface area (Å²) in [6, 6.07) is 15.1. The van der Waals surface area contributed by atoms with Crippen molar-refractivity contribution in [2.45, 2.75) is 19.3 Å². The van der Waals surface area contributed by atoms with Gasteiger partial charge in [-0.2, -0.15) is 0 Å². The van der Waals surface area contributed by atoms with Gasteiger partial charge in [0.1, 0.15) is 0 Å². The second kappa shape index (κ2) is 6.37. The second-order valence-electron chi connectivity index (χ2n) is 6.28. The van der Waals surface area contributed by atoms with Crippen LogP contribution >= 0.6 is 0 Å². The van der Waals surface area contributed by atoms with Gasteiger partial charge in [0.15, 0.2) is 0 Å². The number of benzene rings is 2. The molecule has 114 valence electrons. The standard InChI is InChI=1S/C20H24N2/c1-22(2)13-5-8-19-18-7-4-3-6-15(18)9-10-16-11-12-17(21)14-20(16)19/h3-4,6-8,11-12,14H,5,9-10,13,21H2,1-2H3/b19-8-. The van der Waals surface area contributed by atoms with E-state index in [4.69, 9.17) is 5.73 Å². The minimum atomic E-state index is 0.844. The molecule has 3 rings (SSSR count). The Morgan fingerprint density at radius 2 is 1.73 bits per heavy atom. The van der Waals surface area contributed by atoms with Crippen molar-refractivity contribution in [3.63, 3.8) is 0 Å². The highest BCUT2D eigenvalue weighted by Crippen LogP contribution is 2.34. The number of hydrogen-bond donors (Lipinski definition) is 1. The topological polar surface area (TPSA) is 29.3 Å². The van der Waals surface area contributed by atoms with E-state index >= 15 is 0 Å². The number of anilines is 1. The molecule has 22 heavy (non-hydrogen) atoms. The summed E-state index contributed by atoms with van der Waals surface area (Å²) in [5.41, 5.74) is 13.8. The highest BCUT2D eigenvalue weighted by molar-refractivity contribution is 5.85. The van der Waals surface area contributed by atoms with Gasteiger partial charge in [-0.15, -0.1) is 0 Å². The molecule has 2 N–H and O–H groups in total. The molecule has 2 aromatic carbocycles. The number of nitrogens with two attached hydrogens (primary N) is 1. The van der Waals surface area contributed by atoms with Gasteiger partial charge in [0.2, 0.25) is 0 Å². The third-order valence-corrected chi connectivity index (χ3v) is 4.32. The largest absolute Gasteiger partial charge is 0.399 e. The first-order valence-electron chi connectivity index (χ1n) is 7.97. The summed E-state index contributed by atoms with van der Waals surface area (Å²) in [6.07, 6.45) is 5.60. The molecule has 0 fully saturated rings. The van der Waals surface area contributed by atoms with Crippen LogP contribution in [0.3, 0.4) is 0 Å². The fourth-order valence-electron chi connectivity index (χ4n) is 3.17. The van der Waals surface area contributed by atoms with Crippen LogP contribution in [0.4, 0.5) is 5.69 Å². The Morgan fingerprint density at radius 3 is 2.50 bits per heavy atom. The fourth-order valence-corrected chi connectivity index (χ4v) is 3.17. The molecule has 0 atom stereocenters. The fraction of sp³-hybridized carbons (Fsp3) is 0.300. The molecule has 0 bridgehead atoms. The van der Waals surface area contributed by atoms with Crippen molar-refractivity contribution in [1.29, 1.82) is 0 Å². The number of rotatable bonds is 3. The van der Waals surface area contributed by atoms with Crippen molar-refractivity contribution in [3.05, 3.63) is 70.8 Å². The minimum Gasteiger partial charge on any atom is -0.399 e. The summed E-state index contributed by atoms with van der Waals surface area (Å²) < 4.78 is 0. The quantitative estimate of drug-likeness (QED) is 0.873. The summed E-state index contributed by atoms with van der Waals surface area (Å²) >= 11 is 0. The van der Waals surface area contributed by atoms with Crippen molar-refractivity contribution in [2.24, 2.45) is 0 Å². The second-order valence-corrected chi connectivity index (χ2v) is 6.28. The Morgan fingerprint density at radius 1 is 1.00 bits per heavy atom. The molecule has 1 aliphatic carbocycles. The Bertz CT molecular complexity index is 699. The Balaban J connectivity index is 2.10. The average molecular weight is 292 g/mol. The lowest BCUT2D eigenvalue weighted by Gasteiger charge is -2.14. The van der Waals surface area contributed by atoms with Crippen LogP contribution in [0.15, 0.2) is 48.5 Å². The highest BCUT2D eigenvalue weighted by atomic mass is 15.0. The number of nitrogen functional groups attached to an aromatic ring is 1.